The molecule has 0 radical (unpaired) electrons. The number of alkyl halides is 3. The Bertz CT molecular complexity index is 460. The third-order valence-corrected chi connectivity index (χ3v) is 2.33. The molecule has 0 unspecified atom stereocenters. The molecule has 6 heteroatoms. The predicted molar refractivity (Wildman–Crippen MR) is 65.4 cm³/mol. The predicted octanol–water partition coefficient (Wildman–Crippen LogP) is 2.18. The summed E-state index contributed by atoms with van der Waals surface area (Å²) in [4.78, 5) is 11.1. The van der Waals surface area contributed by atoms with Crippen LogP contribution in [0.1, 0.15) is 11.1 Å². The van der Waals surface area contributed by atoms with Crippen molar-refractivity contribution in [2.24, 2.45) is 0 Å². The normalized spacial score (nSPS) is 10.6. The van der Waals surface area contributed by atoms with Crippen molar-refractivity contribution in [3.63, 3.8) is 0 Å². The largest absolute Gasteiger partial charge is 0.416 e. The molecule has 19 heavy (non-hydrogen) atoms. The number of carbonyl (C=O) groups is 1. The number of nitrogens with one attached hydrogen (secondary N) is 2. The van der Waals surface area contributed by atoms with Gasteiger partial charge in [0.2, 0.25) is 0 Å². The molecule has 2 N–H and O–H groups in total. The van der Waals surface area contributed by atoms with Gasteiger partial charge in [-0.25, -0.2) is 4.79 Å². The zero-order chi connectivity index (χ0) is 14.3. The number of carbonyl (C=O) groups excluding carboxylic acids is 1. The second-order valence-corrected chi connectivity index (χ2v) is 3.76. The van der Waals surface area contributed by atoms with Gasteiger partial charge in [0.05, 0.1) is 12.1 Å². The Morgan fingerprint density at radius 2 is 1.84 bits per heavy atom. The number of rotatable bonds is 4. The van der Waals surface area contributed by atoms with E-state index in [0.717, 1.165) is 12.1 Å². The van der Waals surface area contributed by atoms with Crippen molar-refractivity contribution in [1.82, 2.24) is 10.6 Å². The summed E-state index contributed by atoms with van der Waals surface area (Å²) >= 11 is 0. The van der Waals surface area contributed by atoms with Crippen molar-refractivity contribution in [3.8, 4) is 12.3 Å². The van der Waals surface area contributed by atoms with Crippen LogP contribution in [0.15, 0.2) is 24.3 Å². The number of hydrogen-bond acceptors (Lipinski definition) is 1. The van der Waals surface area contributed by atoms with Crippen molar-refractivity contribution in [1.29, 1.82) is 0 Å². The van der Waals surface area contributed by atoms with Crippen molar-refractivity contribution in [2.45, 2.75) is 12.6 Å². The molecular weight excluding hydrogens is 257 g/mol. The van der Waals surface area contributed by atoms with Crippen LogP contribution in [0.25, 0.3) is 0 Å². The fourth-order valence-electron chi connectivity index (χ4n) is 1.37. The second-order valence-electron chi connectivity index (χ2n) is 3.76. The molecule has 1 aromatic carbocycles. The number of benzene rings is 1. The maximum atomic E-state index is 12.3. The van der Waals surface area contributed by atoms with E-state index in [-0.39, 0.29) is 6.54 Å². The van der Waals surface area contributed by atoms with Gasteiger partial charge < -0.3 is 10.6 Å². The summed E-state index contributed by atoms with van der Waals surface area (Å²) in [6.07, 6.45) is 1.08. The van der Waals surface area contributed by atoms with E-state index in [1.807, 2.05) is 0 Å². The summed E-state index contributed by atoms with van der Waals surface area (Å²) in [5.74, 6) is 2.25. The molecule has 0 heterocycles. The number of halogens is 3. The number of hydrogen-bond donors (Lipinski definition) is 2. The monoisotopic (exact) mass is 270 g/mol. The molecule has 0 atom stereocenters. The lowest BCUT2D eigenvalue weighted by Crippen LogP contribution is -2.36. The fourth-order valence-corrected chi connectivity index (χ4v) is 1.37. The van der Waals surface area contributed by atoms with Crippen LogP contribution in [0.4, 0.5) is 18.0 Å². The van der Waals surface area contributed by atoms with Crippen molar-refractivity contribution < 1.29 is 18.0 Å². The van der Waals surface area contributed by atoms with Gasteiger partial charge in [-0.15, -0.1) is 6.42 Å². The summed E-state index contributed by atoms with van der Waals surface area (Å²) in [5, 5.41) is 4.96. The Morgan fingerprint density at radius 1 is 1.21 bits per heavy atom. The molecule has 0 aromatic heterocycles. The first-order valence-corrected chi connectivity index (χ1v) is 5.55. The molecule has 0 aliphatic rings. The number of urea groups is 1. The molecule has 102 valence electrons. The summed E-state index contributed by atoms with van der Waals surface area (Å²) < 4.78 is 36.9. The van der Waals surface area contributed by atoms with Gasteiger partial charge in [0.15, 0.2) is 0 Å². The number of amides is 2. The van der Waals surface area contributed by atoms with Gasteiger partial charge >= 0.3 is 12.2 Å². The van der Waals surface area contributed by atoms with E-state index in [1.54, 1.807) is 0 Å². The standard InChI is InChI=1S/C13H13F3N2O/c1-2-8-17-12(19)18-9-7-10-3-5-11(6-4-10)13(14,15)16/h1,3-6H,7-9H2,(H2,17,18,19). The Labute approximate surface area is 109 Å². The fraction of sp³-hybridized carbons (Fsp3) is 0.308. The van der Waals surface area contributed by atoms with E-state index in [9.17, 15) is 18.0 Å². The molecule has 1 rings (SSSR count). The molecule has 0 saturated carbocycles. The average Bonchev–Trinajstić information content (AvgIpc) is 2.36. The van der Waals surface area contributed by atoms with Crippen LogP contribution >= 0.6 is 0 Å². The van der Waals surface area contributed by atoms with Crippen molar-refractivity contribution in [3.05, 3.63) is 35.4 Å². The topological polar surface area (TPSA) is 41.1 Å². The summed E-state index contributed by atoms with van der Waals surface area (Å²) in [5.41, 5.74) is 0.0289. The first-order chi connectivity index (χ1) is 8.93. The molecule has 3 nitrogen and oxygen atoms in total. The lowest BCUT2D eigenvalue weighted by molar-refractivity contribution is -0.137. The highest BCUT2D eigenvalue weighted by Crippen LogP contribution is 2.29. The summed E-state index contributed by atoms with van der Waals surface area (Å²) in [6.45, 7) is 0.452. The minimum absolute atomic E-state index is 0.131. The van der Waals surface area contributed by atoms with E-state index >= 15 is 0 Å². The maximum absolute atomic E-state index is 12.3. The van der Waals surface area contributed by atoms with E-state index in [2.05, 4.69) is 16.6 Å². The Balaban J connectivity index is 2.39. The summed E-state index contributed by atoms with van der Waals surface area (Å²) in [6, 6.07) is 4.43. The first-order valence-electron chi connectivity index (χ1n) is 5.55. The molecule has 0 saturated heterocycles. The van der Waals surface area contributed by atoms with Crippen molar-refractivity contribution in [2.75, 3.05) is 13.1 Å². The van der Waals surface area contributed by atoms with E-state index < -0.39 is 17.8 Å². The van der Waals surface area contributed by atoms with Gasteiger partial charge in [-0.3, -0.25) is 0 Å². The van der Waals surface area contributed by atoms with E-state index in [4.69, 9.17) is 6.42 Å². The molecule has 0 aliphatic heterocycles. The van der Waals surface area contributed by atoms with Crippen LogP contribution in [0.5, 0.6) is 0 Å². The first kappa shape index (κ1) is 14.9. The molecule has 1 aromatic rings. The Kier molecular flexibility index (Phi) is 5.24. The SMILES string of the molecule is C#CCNC(=O)NCCc1ccc(C(F)(F)F)cc1. The minimum Gasteiger partial charge on any atom is -0.338 e. The van der Waals surface area contributed by atoms with Crippen LogP contribution < -0.4 is 10.6 Å². The smallest absolute Gasteiger partial charge is 0.338 e. The zero-order valence-corrected chi connectivity index (χ0v) is 10.1. The van der Waals surface area contributed by atoms with Crippen LogP contribution in [0, 0.1) is 12.3 Å². The molecule has 0 aliphatic carbocycles. The van der Waals surface area contributed by atoms with Crippen LogP contribution in [0.3, 0.4) is 0 Å². The Morgan fingerprint density at radius 3 is 2.37 bits per heavy atom. The highest BCUT2D eigenvalue weighted by atomic mass is 19.4. The van der Waals surface area contributed by atoms with Gasteiger partial charge in [0, 0.05) is 6.54 Å². The van der Waals surface area contributed by atoms with E-state index in [0.29, 0.717) is 18.5 Å². The molecule has 2 amide bonds. The van der Waals surface area contributed by atoms with Crippen LogP contribution in [0.2, 0.25) is 0 Å². The Hall–Kier alpha value is -2.16. The van der Waals surface area contributed by atoms with Gasteiger partial charge in [-0.1, -0.05) is 18.1 Å². The molecule has 0 bridgehead atoms. The van der Waals surface area contributed by atoms with Gasteiger partial charge in [-0.05, 0) is 24.1 Å². The summed E-state index contributed by atoms with van der Waals surface area (Å²) in [7, 11) is 0. The van der Waals surface area contributed by atoms with Gasteiger partial charge in [0.25, 0.3) is 0 Å². The minimum atomic E-state index is -4.33. The average molecular weight is 270 g/mol. The maximum Gasteiger partial charge on any atom is 0.416 e. The lowest BCUT2D eigenvalue weighted by Gasteiger charge is -2.08. The third-order valence-electron chi connectivity index (χ3n) is 2.33. The molecule has 0 spiro atoms. The van der Waals surface area contributed by atoms with Crippen LogP contribution in [-0.4, -0.2) is 19.1 Å². The molecule has 0 fully saturated rings. The highest BCUT2D eigenvalue weighted by Gasteiger charge is 2.29. The van der Waals surface area contributed by atoms with E-state index in [1.165, 1.54) is 12.1 Å². The van der Waals surface area contributed by atoms with Crippen molar-refractivity contribution >= 4 is 6.03 Å². The molecular formula is C13H13F3N2O. The van der Waals surface area contributed by atoms with Gasteiger partial charge in [-0.2, -0.15) is 13.2 Å². The van der Waals surface area contributed by atoms with Gasteiger partial charge in [0.1, 0.15) is 0 Å². The zero-order valence-electron chi connectivity index (χ0n) is 10.1. The second kappa shape index (κ2) is 6.69. The van der Waals surface area contributed by atoms with Crippen LogP contribution in [-0.2, 0) is 12.6 Å². The lowest BCUT2D eigenvalue weighted by atomic mass is 10.1. The quantitative estimate of drug-likeness (QED) is 0.809. The number of terminal acetylenes is 1. The third kappa shape index (κ3) is 5.34. The highest BCUT2D eigenvalue weighted by molar-refractivity contribution is 5.74.